The van der Waals surface area contributed by atoms with Crippen LogP contribution in [-0.4, -0.2) is 18.4 Å². The number of carbonyl (C=O) groups excluding carboxylic acids is 2. The molecule has 2 heterocycles. The monoisotopic (exact) mass is 532 g/mol. The summed E-state index contributed by atoms with van der Waals surface area (Å²) in [6.07, 6.45) is 0. The van der Waals surface area contributed by atoms with Gasteiger partial charge in [0.15, 0.2) is 5.60 Å². The molecule has 0 aromatic heterocycles. The molecule has 1 atom stereocenters. The molecule has 2 aliphatic heterocycles. The molecule has 6 heteroatoms. The van der Waals surface area contributed by atoms with E-state index in [1.54, 1.807) is 6.07 Å². The number of rotatable bonds is 4. The first-order valence-corrected chi connectivity index (χ1v) is 13.6. The van der Waals surface area contributed by atoms with Gasteiger partial charge in [-0.15, -0.1) is 0 Å². The van der Waals surface area contributed by atoms with Crippen LogP contribution in [0.5, 0.6) is 11.5 Å². The maximum Gasteiger partial charge on any atom is 0.340 e. The van der Waals surface area contributed by atoms with Crippen LogP contribution in [0.3, 0.4) is 0 Å². The molecule has 1 spiro atoms. The number of esters is 1. The topological polar surface area (TPSA) is 76.7 Å². The minimum absolute atomic E-state index is 0.167. The fraction of sp³-hybridized carbons (Fsp3) is 0.235. The van der Waals surface area contributed by atoms with Crippen molar-refractivity contribution < 1.29 is 19.1 Å². The SMILES string of the molecule is CCNc1ccc2c(c1)Oc1cc(NC(=O)c3c(C)c(C)c(C)c(C)c3C)ccc1C21OC(=O)c2ccccc21. The summed E-state index contributed by atoms with van der Waals surface area (Å²) in [5, 5.41) is 6.41. The van der Waals surface area contributed by atoms with Crippen LogP contribution in [0.4, 0.5) is 11.4 Å². The van der Waals surface area contributed by atoms with Gasteiger partial charge in [-0.05, 0) is 99.7 Å². The molecule has 0 saturated heterocycles. The lowest BCUT2D eigenvalue weighted by Crippen LogP contribution is -2.33. The Labute approximate surface area is 234 Å². The lowest BCUT2D eigenvalue weighted by atomic mass is 9.77. The Hall–Kier alpha value is -4.58. The fourth-order valence-electron chi connectivity index (χ4n) is 6.10. The molecule has 2 N–H and O–H groups in total. The second-order valence-electron chi connectivity index (χ2n) is 10.6. The van der Waals surface area contributed by atoms with Crippen molar-refractivity contribution in [2.24, 2.45) is 0 Å². The van der Waals surface area contributed by atoms with Crippen LogP contribution in [0.25, 0.3) is 0 Å². The molecule has 40 heavy (non-hydrogen) atoms. The Balaban J connectivity index is 1.47. The summed E-state index contributed by atoms with van der Waals surface area (Å²) in [7, 11) is 0. The van der Waals surface area contributed by atoms with Crippen molar-refractivity contribution in [2.75, 3.05) is 17.2 Å². The van der Waals surface area contributed by atoms with E-state index in [2.05, 4.69) is 31.4 Å². The van der Waals surface area contributed by atoms with E-state index < -0.39 is 5.60 Å². The van der Waals surface area contributed by atoms with Crippen molar-refractivity contribution in [3.05, 3.63) is 116 Å². The largest absolute Gasteiger partial charge is 0.456 e. The highest BCUT2D eigenvalue weighted by atomic mass is 16.6. The van der Waals surface area contributed by atoms with Crippen LogP contribution in [0.1, 0.15) is 72.1 Å². The maximum atomic E-state index is 13.6. The van der Waals surface area contributed by atoms with Crippen molar-refractivity contribution in [3.63, 3.8) is 0 Å². The van der Waals surface area contributed by atoms with Crippen LogP contribution in [0, 0.1) is 34.6 Å². The number of benzene rings is 4. The van der Waals surface area contributed by atoms with Crippen molar-refractivity contribution in [1.82, 2.24) is 0 Å². The zero-order valence-corrected chi connectivity index (χ0v) is 23.6. The third-order valence-corrected chi connectivity index (χ3v) is 8.58. The molecule has 1 amide bonds. The summed E-state index contributed by atoms with van der Waals surface area (Å²) in [6, 6.07) is 18.9. The summed E-state index contributed by atoms with van der Waals surface area (Å²) in [6.45, 7) is 13.0. The van der Waals surface area contributed by atoms with E-state index >= 15 is 0 Å². The quantitative estimate of drug-likeness (QED) is 0.267. The Kier molecular flexibility index (Phi) is 5.95. The van der Waals surface area contributed by atoms with E-state index in [1.807, 2.05) is 75.4 Å². The number of hydrogen-bond donors (Lipinski definition) is 2. The van der Waals surface area contributed by atoms with E-state index in [0.29, 0.717) is 33.9 Å². The first-order valence-electron chi connectivity index (χ1n) is 13.6. The van der Waals surface area contributed by atoms with Crippen LogP contribution in [0.2, 0.25) is 0 Å². The van der Waals surface area contributed by atoms with Gasteiger partial charge in [-0.3, -0.25) is 4.79 Å². The van der Waals surface area contributed by atoms with Crippen molar-refractivity contribution in [2.45, 2.75) is 47.1 Å². The maximum absolute atomic E-state index is 13.6. The smallest absolute Gasteiger partial charge is 0.340 e. The predicted octanol–water partition coefficient (Wildman–Crippen LogP) is 7.48. The molecule has 6 rings (SSSR count). The van der Waals surface area contributed by atoms with Gasteiger partial charge >= 0.3 is 5.97 Å². The van der Waals surface area contributed by atoms with Gasteiger partial charge in [-0.2, -0.15) is 0 Å². The summed E-state index contributed by atoms with van der Waals surface area (Å²) < 4.78 is 12.7. The first-order chi connectivity index (χ1) is 19.2. The van der Waals surface area contributed by atoms with E-state index in [-0.39, 0.29) is 11.9 Å². The molecule has 0 fully saturated rings. The third kappa shape index (κ3) is 3.63. The average molecular weight is 533 g/mol. The number of carbonyl (C=O) groups is 2. The predicted molar refractivity (Wildman–Crippen MR) is 157 cm³/mol. The number of amides is 1. The van der Waals surface area contributed by atoms with Gasteiger partial charge in [0, 0.05) is 52.3 Å². The molecule has 0 saturated carbocycles. The highest BCUT2D eigenvalue weighted by molar-refractivity contribution is 6.07. The molecule has 0 bridgehead atoms. The lowest BCUT2D eigenvalue weighted by Gasteiger charge is -2.37. The van der Waals surface area contributed by atoms with Crippen LogP contribution < -0.4 is 15.4 Å². The summed E-state index contributed by atoms with van der Waals surface area (Å²) >= 11 is 0. The van der Waals surface area contributed by atoms with Crippen molar-refractivity contribution in [3.8, 4) is 11.5 Å². The molecule has 0 radical (unpaired) electrons. The van der Waals surface area contributed by atoms with Crippen molar-refractivity contribution in [1.29, 1.82) is 0 Å². The molecule has 1 unspecified atom stereocenters. The van der Waals surface area contributed by atoms with Gasteiger partial charge < -0.3 is 20.1 Å². The minimum atomic E-state index is -1.15. The first kappa shape index (κ1) is 25.7. The molecular formula is C34H32N2O4. The van der Waals surface area contributed by atoms with Gasteiger partial charge in [0.1, 0.15) is 11.5 Å². The number of ether oxygens (including phenoxy) is 2. The van der Waals surface area contributed by atoms with Gasteiger partial charge in [0.2, 0.25) is 0 Å². The van der Waals surface area contributed by atoms with Gasteiger partial charge in [0.25, 0.3) is 5.91 Å². The number of hydrogen-bond acceptors (Lipinski definition) is 5. The number of nitrogens with one attached hydrogen (secondary N) is 2. The van der Waals surface area contributed by atoms with Crippen molar-refractivity contribution >= 4 is 23.3 Å². The van der Waals surface area contributed by atoms with E-state index in [0.717, 1.165) is 45.6 Å². The second kappa shape index (κ2) is 9.26. The molecule has 4 aromatic rings. The highest BCUT2D eigenvalue weighted by Crippen LogP contribution is 2.56. The van der Waals surface area contributed by atoms with E-state index in [9.17, 15) is 9.59 Å². The second-order valence-corrected chi connectivity index (χ2v) is 10.6. The Morgan fingerprint density at radius 2 is 1.32 bits per heavy atom. The molecule has 202 valence electrons. The standard InChI is InChI=1S/C34H32N2O4/c1-7-35-23-12-14-27-29(16-23)39-30-17-24(36-32(37)31-21(5)19(3)18(2)20(4)22(31)6)13-15-28(30)34(27)26-11-9-8-10-25(26)33(38)40-34/h8-17,35H,7H2,1-6H3,(H,36,37). The summed E-state index contributed by atoms with van der Waals surface area (Å²) in [5.41, 5.74) is 9.22. The fourth-order valence-corrected chi connectivity index (χ4v) is 6.10. The minimum Gasteiger partial charge on any atom is -0.456 e. The normalized spacial score (nSPS) is 16.5. The van der Waals surface area contributed by atoms with Crippen LogP contribution >= 0.6 is 0 Å². The molecular weight excluding hydrogens is 500 g/mol. The molecule has 6 nitrogen and oxygen atoms in total. The number of anilines is 2. The molecule has 4 aromatic carbocycles. The molecule has 2 aliphatic rings. The summed E-state index contributed by atoms with van der Waals surface area (Å²) in [4.78, 5) is 26.7. The van der Waals surface area contributed by atoms with Gasteiger partial charge in [0.05, 0.1) is 5.56 Å². The Morgan fingerprint density at radius 1 is 0.750 bits per heavy atom. The average Bonchev–Trinajstić information content (AvgIpc) is 3.23. The summed E-state index contributed by atoms with van der Waals surface area (Å²) in [5.74, 6) is 0.571. The van der Waals surface area contributed by atoms with Crippen LogP contribution in [-0.2, 0) is 10.3 Å². The highest BCUT2D eigenvalue weighted by Gasteiger charge is 2.53. The van der Waals surface area contributed by atoms with Crippen LogP contribution in [0.15, 0.2) is 60.7 Å². The number of fused-ring (bicyclic) bond motifs is 6. The lowest BCUT2D eigenvalue weighted by molar-refractivity contribution is 0.0224. The third-order valence-electron chi connectivity index (χ3n) is 8.58. The Morgan fingerprint density at radius 3 is 1.98 bits per heavy atom. The molecule has 0 aliphatic carbocycles. The van der Waals surface area contributed by atoms with Gasteiger partial charge in [-0.1, -0.05) is 18.2 Å². The Bertz CT molecular complexity index is 1710. The van der Waals surface area contributed by atoms with E-state index in [4.69, 9.17) is 9.47 Å². The zero-order valence-electron chi connectivity index (χ0n) is 23.6. The zero-order chi connectivity index (χ0) is 28.3. The van der Waals surface area contributed by atoms with E-state index in [1.165, 1.54) is 5.56 Å². The van der Waals surface area contributed by atoms with Gasteiger partial charge in [-0.25, -0.2) is 4.79 Å².